The molecule has 0 aliphatic heterocycles. The van der Waals surface area contributed by atoms with Gasteiger partial charge in [-0.05, 0) is 25.1 Å². The van der Waals surface area contributed by atoms with Gasteiger partial charge in [-0.25, -0.2) is 4.98 Å². The Labute approximate surface area is 109 Å². The average molecular weight is 267 g/mol. The summed E-state index contributed by atoms with van der Waals surface area (Å²) in [4.78, 5) is 17.9. The summed E-state index contributed by atoms with van der Waals surface area (Å²) in [6.45, 7) is 1.90. The number of aromatic nitrogens is 1. The van der Waals surface area contributed by atoms with Crippen molar-refractivity contribution in [2.45, 2.75) is 6.92 Å². The van der Waals surface area contributed by atoms with Gasteiger partial charge in [0.25, 0.3) is 5.91 Å². The topological polar surface area (TPSA) is 33.2 Å². The summed E-state index contributed by atoms with van der Waals surface area (Å²) < 4.78 is 0. The van der Waals surface area contributed by atoms with Crippen LogP contribution in [-0.2, 0) is 0 Å². The molecular formula is C12H11ClN2OS. The van der Waals surface area contributed by atoms with Gasteiger partial charge in [-0.15, -0.1) is 11.3 Å². The first kappa shape index (κ1) is 12.1. The van der Waals surface area contributed by atoms with Crippen LogP contribution in [0.15, 0.2) is 29.6 Å². The Morgan fingerprint density at radius 3 is 2.82 bits per heavy atom. The summed E-state index contributed by atoms with van der Waals surface area (Å²) in [5.74, 6) is -0.109. The average Bonchev–Trinajstić information content (AvgIpc) is 2.74. The van der Waals surface area contributed by atoms with E-state index in [1.165, 1.54) is 16.2 Å². The Morgan fingerprint density at radius 1 is 1.47 bits per heavy atom. The molecule has 88 valence electrons. The van der Waals surface area contributed by atoms with Crippen LogP contribution in [0.4, 0.5) is 5.13 Å². The number of amides is 1. The number of benzene rings is 1. The molecule has 0 atom stereocenters. The summed E-state index contributed by atoms with van der Waals surface area (Å²) in [7, 11) is 1.71. The second kappa shape index (κ2) is 4.85. The van der Waals surface area contributed by atoms with Gasteiger partial charge in [0.2, 0.25) is 0 Å². The fraction of sp³-hybridized carbons (Fsp3) is 0.167. The molecule has 0 aliphatic carbocycles. The molecule has 2 aromatic rings. The lowest BCUT2D eigenvalue weighted by Gasteiger charge is -2.13. The van der Waals surface area contributed by atoms with Crippen molar-refractivity contribution in [2.75, 3.05) is 11.9 Å². The Balaban J connectivity index is 2.26. The number of hydrogen-bond acceptors (Lipinski definition) is 3. The van der Waals surface area contributed by atoms with E-state index in [0.29, 0.717) is 15.7 Å². The maximum atomic E-state index is 12.1. The zero-order valence-electron chi connectivity index (χ0n) is 9.48. The van der Waals surface area contributed by atoms with Gasteiger partial charge in [-0.2, -0.15) is 0 Å². The largest absolute Gasteiger partial charge is 0.287 e. The van der Waals surface area contributed by atoms with Crippen LogP contribution in [0.2, 0.25) is 5.02 Å². The van der Waals surface area contributed by atoms with Crippen LogP contribution in [-0.4, -0.2) is 17.9 Å². The van der Waals surface area contributed by atoms with Crippen LogP contribution < -0.4 is 4.90 Å². The quantitative estimate of drug-likeness (QED) is 0.835. The number of aryl methyl sites for hydroxylation is 1. The van der Waals surface area contributed by atoms with Crippen molar-refractivity contribution in [2.24, 2.45) is 0 Å². The fourth-order valence-corrected chi connectivity index (χ4v) is 2.35. The van der Waals surface area contributed by atoms with Crippen LogP contribution in [0.1, 0.15) is 16.1 Å². The monoisotopic (exact) mass is 266 g/mol. The first-order chi connectivity index (χ1) is 8.08. The predicted octanol–water partition coefficient (Wildman–Crippen LogP) is 3.38. The van der Waals surface area contributed by atoms with Crippen molar-refractivity contribution in [3.8, 4) is 0 Å². The van der Waals surface area contributed by atoms with Crippen molar-refractivity contribution in [1.29, 1.82) is 0 Å². The highest BCUT2D eigenvalue weighted by molar-refractivity contribution is 7.14. The molecule has 0 unspecified atom stereocenters. The maximum absolute atomic E-state index is 12.1. The van der Waals surface area contributed by atoms with E-state index in [-0.39, 0.29) is 5.91 Å². The molecule has 2 rings (SSSR count). The third kappa shape index (κ3) is 2.65. The number of thiazole rings is 1. The maximum Gasteiger partial charge on any atom is 0.259 e. The molecule has 3 nitrogen and oxygen atoms in total. The normalized spacial score (nSPS) is 10.3. The molecule has 1 aromatic carbocycles. The molecule has 0 bridgehead atoms. The van der Waals surface area contributed by atoms with E-state index in [1.807, 2.05) is 12.3 Å². The van der Waals surface area contributed by atoms with Crippen LogP contribution >= 0.6 is 22.9 Å². The van der Waals surface area contributed by atoms with Crippen molar-refractivity contribution in [1.82, 2.24) is 4.98 Å². The predicted molar refractivity (Wildman–Crippen MR) is 71.0 cm³/mol. The molecule has 0 fully saturated rings. The Bertz CT molecular complexity index is 553. The van der Waals surface area contributed by atoms with E-state index in [9.17, 15) is 4.79 Å². The molecule has 1 amide bonds. The third-order valence-corrected chi connectivity index (χ3v) is 3.54. The standard InChI is InChI=1S/C12H11ClN2OS/c1-8-7-17-12(14-8)15(2)11(16)9-4-3-5-10(13)6-9/h3-7H,1-2H3. The second-order valence-corrected chi connectivity index (χ2v) is 4.92. The number of anilines is 1. The minimum absolute atomic E-state index is 0.109. The molecule has 0 aliphatic rings. The number of hydrogen-bond donors (Lipinski definition) is 0. The van der Waals surface area contributed by atoms with Gasteiger partial charge < -0.3 is 0 Å². The highest BCUT2D eigenvalue weighted by Gasteiger charge is 2.15. The van der Waals surface area contributed by atoms with Crippen LogP contribution in [0, 0.1) is 6.92 Å². The second-order valence-electron chi connectivity index (χ2n) is 3.65. The van der Waals surface area contributed by atoms with E-state index in [1.54, 1.807) is 31.3 Å². The summed E-state index contributed by atoms with van der Waals surface area (Å²) in [5, 5.41) is 3.16. The summed E-state index contributed by atoms with van der Waals surface area (Å²) in [5.41, 5.74) is 1.48. The minimum Gasteiger partial charge on any atom is -0.287 e. The van der Waals surface area contributed by atoms with Crippen molar-refractivity contribution in [3.05, 3.63) is 45.9 Å². The van der Waals surface area contributed by atoms with Crippen molar-refractivity contribution < 1.29 is 4.79 Å². The van der Waals surface area contributed by atoms with E-state index < -0.39 is 0 Å². The van der Waals surface area contributed by atoms with Gasteiger partial charge in [0.15, 0.2) is 5.13 Å². The minimum atomic E-state index is -0.109. The lowest BCUT2D eigenvalue weighted by Crippen LogP contribution is -2.26. The van der Waals surface area contributed by atoms with Crippen LogP contribution in [0.5, 0.6) is 0 Å². The summed E-state index contributed by atoms with van der Waals surface area (Å²) >= 11 is 7.31. The van der Waals surface area contributed by atoms with E-state index in [0.717, 1.165) is 5.69 Å². The molecule has 1 aromatic heterocycles. The number of rotatable bonds is 2. The molecular weight excluding hydrogens is 256 g/mol. The molecule has 0 N–H and O–H groups in total. The number of halogens is 1. The van der Waals surface area contributed by atoms with Crippen LogP contribution in [0.25, 0.3) is 0 Å². The summed E-state index contributed by atoms with van der Waals surface area (Å²) in [6.07, 6.45) is 0. The van der Waals surface area contributed by atoms with Crippen molar-refractivity contribution in [3.63, 3.8) is 0 Å². The Morgan fingerprint density at radius 2 is 2.24 bits per heavy atom. The summed E-state index contributed by atoms with van der Waals surface area (Å²) in [6, 6.07) is 6.90. The smallest absolute Gasteiger partial charge is 0.259 e. The highest BCUT2D eigenvalue weighted by Crippen LogP contribution is 2.21. The Kier molecular flexibility index (Phi) is 3.45. The van der Waals surface area contributed by atoms with Gasteiger partial charge in [-0.1, -0.05) is 17.7 Å². The first-order valence-electron chi connectivity index (χ1n) is 5.03. The zero-order valence-corrected chi connectivity index (χ0v) is 11.0. The molecule has 1 heterocycles. The van der Waals surface area contributed by atoms with E-state index >= 15 is 0 Å². The lowest BCUT2D eigenvalue weighted by molar-refractivity contribution is 0.0993. The third-order valence-electron chi connectivity index (χ3n) is 2.27. The van der Waals surface area contributed by atoms with Gasteiger partial charge in [0, 0.05) is 23.0 Å². The molecule has 0 saturated heterocycles. The van der Waals surface area contributed by atoms with Crippen molar-refractivity contribution >= 4 is 34.0 Å². The van der Waals surface area contributed by atoms with E-state index in [2.05, 4.69) is 4.98 Å². The first-order valence-corrected chi connectivity index (χ1v) is 6.29. The molecule has 0 radical (unpaired) electrons. The molecule has 0 saturated carbocycles. The van der Waals surface area contributed by atoms with E-state index in [4.69, 9.17) is 11.6 Å². The lowest BCUT2D eigenvalue weighted by atomic mass is 10.2. The zero-order chi connectivity index (χ0) is 12.4. The fourth-order valence-electron chi connectivity index (χ4n) is 1.40. The van der Waals surface area contributed by atoms with Crippen LogP contribution in [0.3, 0.4) is 0 Å². The number of nitrogens with zero attached hydrogens (tertiary/aromatic N) is 2. The van der Waals surface area contributed by atoms with Gasteiger partial charge in [0.1, 0.15) is 0 Å². The van der Waals surface area contributed by atoms with Gasteiger partial charge in [-0.3, -0.25) is 9.69 Å². The van der Waals surface area contributed by atoms with Gasteiger partial charge >= 0.3 is 0 Å². The molecule has 0 spiro atoms. The number of carbonyl (C=O) groups is 1. The SMILES string of the molecule is Cc1csc(N(C)C(=O)c2cccc(Cl)c2)n1. The van der Waals surface area contributed by atoms with Gasteiger partial charge in [0.05, 0.1) is 5.69 Å². The molecule has 5 heteroatoms. The number of carbonyl (C=O) groups excluding carboxylic acids is 1. The molecule has 17 heavy (non-hydrogen) atoms. The highest BCUT2D eigenvalue weighted by atomic mass is 35.5. The Hall–Kier alpha value is -1.39.